The molecule has 1 aliphatic rings. The van der Waals surface area contributed by atoms with Crippen LogP contribution >= 0.6 is 11.6 Å². The van der Waals surface area contributed by atoms with Gasteiger partial charge in [0.25, 0.3) is 0 Å². The third kappa shape index (κ3) is 4.83. The van der Waals surface area contributed by atoms with Crippen LogP contribution in [-0.4, -0.2) is 46.9 Å². The smallest absolute Gasteiger partial charge is 0.227 e. The van der Waals surface area contributed by atoms with E-state index in [1.165, 1.54) is 0 Å². The normalized spacial score (nSPS) is 16.6. The zero-order chi connectivity index (χ0) is 24.4. The molecule has 0 bridgehead atoms. The number of amides is 1. The zero-order valence-corrected chi connectivity index (χ0v) is 20.1. The van der Waals surface area contributed by atoms with Gasteiger partial charge in [0.1, 0.15) is 30.0 Å². The molecule has 5 rings (SSSR count). The molecule has 4 aromatic rings. The predicted molar refractivity (Wildman–Crippen MR) is 135 cm³/mol. The number of halogens is 1. The molecule has 0 unspecified atom stereocenters. The van der Waals surface area contributed by atoms with Crippen LogP contribution in [0.4, 0.5) is 5.69 Å². The maximum atomic E-state index is 13.0. The van der Waals surface area contributed by atoms with Crippen LogP contribution in [0, 0.1) is 0 Å². The Bertz CT molecular complexity index is 1360. The summed E-state index contributed by atoms with van der Waals surface area (Å²) in [5, 5.41) is 11.3. The Morgan fingerprint density at radius 3 is 2.74 bits per heavy atom. The summed E-state index contributed by atoms with van der Waals surface area (Å²) < 4.78 is 13.1. The highest BCUT2D eigenvalue weighted by Gasteiger charge is 2.35. The average molecular weight is 492 g/mol. The molecule has 1 fully saturated rings. The lowest BCUT2D eigenvalue weighted by Crippen LogP contribution is -2.26. The van der Waals surface area contributed by atoms with E-state index in [9.17, 15) is 9.90 Å². The number of imidazole rings is 1. The summed E-state index contributed by atoms with van der Waals surface area (Å²) in [6.45, 7) is 0.862. The molecular weight excluding hydrogens is 466 g/mol. The number of carbonyl (C=O) groups excluding carboxylic acids is 1. The van der Waals surface area contributed by atoms with Crippen LogP contribution in [-0.2, 0) is 11.3 Å². The summed E-state index contributed by atoms with van der Waals surface area (Å²) in [7, 11) is 1.61. The SMILES string of the molecule is COc1cccc(N2C[C@H](c3nc4ccccc4n3C[C@H](O)COc3ccccc3Cl)CC2=O)c1. The van der Waals surface area contributed by atoms with E-state index in [0.717, 1.165) is 22.5 Å². The molecule has 1 aliphatic heterocycles. The van der Waals surface area contributed by atoms with Crippen molar-refractivity contribution >= 4 is 34.2 Å². The zero-order valence-electron chi connectivity index (χ0n) is 19.3. The fourth-order valence-electron chi connectivity index (χ4n) is 4.52. The second kappa shape index (κ2) is 9.98. The van der Waals surface area contributed by atoms with E-state index in [-0.39, 0.29) is 25.0 Å². The topological polar surface area (TPSA) is 76.8 Å². The highest BCUT2D eigenvalue weighted by atomic mass is 35.5. The van der Waals surface area contributed by atoms with Gasteiger partial charge in [0, 0.05) is 30.6 Å². The van der Waals surface area contributed by atoms with Crippen LogP contribution < -0.4 is 14.4 Å². The van der Waals surface area contributed by atoms with Gasteiger partial charge in [0.2, 0.25) is 5.91 Å². The first-order valence-corrected chi connectivity index (χ1v) is 11.9. The third-order valence-corrected chi connectivity index (χ3v) is 6.51. The number of para-hydroxylation sites is 3. The Labute approximate surface area is 208 Å². The molecule has 2 heterocycles. The molecular formula is C27H26ClN3O4. The summed E-state index contributed by atoms with van der Waals surface area (Å²) in [4.78, 5) is 19.6. The first kappa shape index (κ1) is 23.2. The van der Waals surface area contributed by atoms with Crippen molar-refractivity contribution in [3.8, 4) is 11.5 Å². The number of carbonyl (C=O) groups is 1. The summed E-state index contributed by atoms with van der Waals surface area (Å²) in [6.07, 6.45) is -0.457. The highest BCUT2D eigenvalue weighted by Crippen LogP contribution is 2.34. The minimum Gasteiger partial charge on any atom is -0.497 e. The standard InChI is InChI=1S/C27H26ClN3O4/c1-34-21-8-6-7-19(14-21)30-15-18(13-26(30)33)27-29-23-10-3-4-11-24(23)31(27)16-20(32)17-35-25-12-5-2-9-22(25)28/h2-12,14,18,20,32H,13,15-17H2,1H3/t18-,20+/m1/s1. The molecule has 2 atom stereocenters. The monoisotopic (exact) mass is 491 g/mol. The number of methoxy groups -OCH3 is 1. The van der Waals surface area contributed by atoms with Crippen molar-refractivity contribution in [1.29, 1.82) is 0 Å². The highest BCUT2D eigenvalue weighted by molar-refractivity contribution is 6.32. The van der Waals surface area contributed by atoms with Crippen LogP contribution in [0.1, 0.15) is 18.2 Å². The number of rotatable bonds is 8. The lowest BCUT2D eigenvalue weighted by Gasteiger charge is -2.19. The van der Waals surface area contributed by atoms with Crippen molar-refractivity contribution < 1.29 is 19.4 Å². The van der Waals surface area contributed by atoms with E-state index in [0.29, 0.717) is 29.5 Å². The first-order chi connectivity index (χ1) is 17.0. The molecule has 1 saturated heterocycles. The minimum absolute atomic E-state index is 0.0319. The summed E-state index contributed by atoms with van der Waals surface area (Å²) in [5.41, 5.74) is 2.54. The molecule has 180 valence electrons. The van der Waals surface area contributed by atoms with Gasteiger partial charge in [-0.15, -0.1) is 0 Å². The largest absolute Gasteiger partial charge is 0.497 e. The fourth-order valence-corrected chi connectivity index (χ4v) is 4.71. The number of fused-ring (bicyclic) bond motifs is 1. The number of aliphatic hydroxyl groups excluding tert-OH is 1. The molecule has 0 aliphatic carbocycles. The van der Waals surface area contributed by atoms with Crippen LogP contribution in [0.15, 0.2) is 72.8 Å². The van der Waals surface area contributed by atoms with E-state index in [1.54, 1.807) is 24.1 Å². The van der Waals surface area contributed by atoms with E-state index >= 15 is 0 Å². The first-order valence-electron chi connectivity index (χ1n) is 11.5. The van der Waals surface area contributed by atoms with E-state index < -0.39 is 6.10 Å². The molecule has 1 N–H and O–H groups in total. The van der Waals surface area contributed by atoms with E-state index in [4.69, 9.17) is 26.1 Å². The molecule has 1 aromatic heterocycles. The number of aromatic nitrogens is 2. The summed E-state index contributed by atoms with van der Waals surface area (Å²) in [5.74, 6) is 1.93. The quantitative estimate of drug-likeness (QED) is 0.388. The number of benzene rings is 3. The Kier molecular flexibility index (Phi) is 6.61. The molecule has 35 heavy (non-hydrogen) atoms. The van der Waals surface area contributed by atoms with Crippen LogP contribution in [0.3, 0.4) is 0 Å². The van der Waals surface area contributed by atoms with Crippen molar-refractivity contribution in [2.24, 2.45) is 0 Å². The number of nitrogens with zero attached hydrogens (tertiary/aromatic N) is 3. The van der Waals surface area contributed by atoms with E-state index in [2.05, 4.69) is 0 Å². The Balaban J connectivity index is 1.39. The van der Waals surface area contributed by atoms with Gasteiger partial charge in [-0.05, 0) is 36.4 Å². The van der Waals surface area contributed by atoms with Crippen molar-refractivity contribution in [1.82, 2.24) is 9.55 Å². The Morgan fingerprint density at radius 2 is 1.91 bits per heavy atom. The molecule has 0 spiro atoms. The van der Waals surface area contributed by atoms with Crippen molar-refractivity contribution in [2.45, 2.75) is 25.0 Å². The Morgan fingerprint density at radius 1 is 1.11 bits per heavy atom. The number of hydrogen-bond acceptors (Lipinski definition) is 5. The van der Waals surface area contributed by atoms with Gasteiger partial charge in [-0.3, -0.25) is 4.79 Å². The molecule has 3 aromatic carbocycles. The summed E-state index contributed by atoms with van der Waals surface area (Å²) in [6, 6.07) is 22.5. The number of ether oxygens (including phenoxy) is 2. The van der Waals surface area contributed by atoms with Gasteiger partial charge in [-0.1, -0.05) is 41.9 Å². The molecule has 8 heteroatoms. The van der Waals surface area contributed by atoms with Crippen molar-refractivity contribution in [2.75, 3.05) is 25.2 Å². The van der Waals surface area contributed by atoms with Crippen LogP contribution in [0.2, 0.25) is 5.02 Å². The number of anilines is 1. The van der Waals surface area contributed by atoms with Crippen molar-refractivity contribution in [3.05, 3.63) is 83.6 Å². The van der Waals surface area contributed by atoms with Gasteiger partial charge < -0.3 is 24.0 Å². The lowest BCUT2D eigenvalue weighted by atomic mass is 10.1. The van der Waals surface area contributed by atoms with Gasteiger partial charge in [-0.2, -0.15) is 0 Å². The average Bonchev–Trinajstić information content (AvgIpc) is 3.44. The summed E-state index contributed by atoms with van der Waals surface area (Å²) >= 11 is 6.17. The van der Waals surface area contributed by atoms with Gasteiger partial charge in [0.15, 0.2) is 0 Å². The molecule has 7 nitrogen and oxygen atoms in total. The number of aliphatic hydroxyl groups is 1. The molecule has 1 amide bonds. The predicted octanol–water partition coefficient (Wildman–Crippen LogP) is 4.66. The Hall–Kier alpha value is -3.55. The van der Waals surface area contributed by atoms with Gasteiger partial charge in [0.05, 0.1) is 29.7 Å². The van der Waals surface area contributed by atoms with Crippen LogP contribution in [0.25, 0.3) is 11.0 Å². The molecule has 0 saturated carbocycles. The maximum Gasteiger partial charge on any atom is 0.227 e. The maximum absolute atomic E-state index is 13.0. The second-order valence-electron chi connectivity index (χ2n) is 8.57. The number of hydrogen-bond donors (Lipinski definition) is 1. The van der Waals surface area contributed by atoms with Crippen molar-refractivity contribution in [3.63, 3.8) is 0 Å². The van der Waals surface area contributed by atoms with E-state index in [1.807, 2.05) is 65.2 Å². The lowest BCUT2D eigenvalue weighted by molar-refractivity contribution is -0.117. The fraction of sp³-hybridized carbons (Fsp3) is 0.259. The minimum atomic E-state index is -0.797. The van der Waals surface area contributed by atoms with Gasteiger partial charge >= 0.3 is 0 Å². The third-order valence-electron chi connectivity index (χ3n) is 6.20. The molecule has 0 radical (unpaired) electrons. The van der Waals surface area contributed by atoms with Crippen LogP contribution in [0.5, 0.6) is 11.5 Å². The van der Waals surface area contributed by atoms with Gasteiger partial charge in [-0.25, -0.2) is 4.98 Å². The second-order valence-corrected chi connectivity index (χ2v) is 8.98.